The van der Waals surface area contributed by atoms with Crippen LogP contribution in [0.4, 0.5) is 0 Å². The van der Waals surface area contributed by atoms with Crippen LogP contribution >= 0.6 is 44.5 Å². The molecule has 4 fully saturated rings. The monoisotopic (exact) mass is 1790 g/mol. The summed E-state index contributed by atoms with van der Waals surface area (Å²) in [5.41, 5.74) is 2.71. The van der Waals surface area contributed by atoms with Crippen LogP contribution in [0.15, 0.2) is 73.4 Å². The standard InChI is InChI=1S/C78H107IN20O17S2/c1-38(2)26-52-67(105)83-34-62(102)87-51(22-23-61(101)97-79)68(106)90-53(27-39(3)4)72(110)95-63(40(5)6)76(114)92-55(29-45-32-82-50-19-13-11-17-48(45)50)70(108)94-58-36-118-117-35-57(93-66(104)42(8)86-75(113)59-20-14-24-98(59)77(115)60-21-15-25-99(60)78(116)64(43(9)100)96-74(58)112)73(111)85-41(7)65(103)88-54(28-44-31-81-49-18-12-10-16-47(44)49)69(107)91-56(71(109)89-52)30-46-33-80-37-84-46/h10-13,16-19,31-33,37-43,51-60,63-64,81-82,100H,14-15,20-30,34-36H2,1-9H3,(H,80,84)(H,83,105)(H,85,111)(H,86,113)(H,87,102)(H,88,103)(H,89,109)(H,90,106)(H,91,107)(H,92,114)(H,93,104)(H,94,108)(H,95,110)(H,96,112)(H,97,101)/t41-,42-,43+,51-,52-,53-,54-,55-,56-,57-,58-,59-,60+,63-,64-/m0/s1. The quantitative estimate of drug-likeness (QED) is 0.0344. The van der Waals surface area contributed by atoms with Crippen molar-refractivity contribution in [3.8, 4) is 0 Å². The van der Waals surface area contributed by atoms with Crippen molar-refractivity contribution in [3.05, 3.63) is 90.3 Å². The van der Waals surface area contributed by atoms with Crippen LogP contribution < -0.4 is 72.6 Å². The van der Waals surface area contributed by atoms with Gasteiger partial charge in [0.2, 0.25) is 94.5 Å². The molecule has 2 bridgehead atoms. The molecule has 2 aromatic carbocycles. The molecular formula is C78H107IN20O17S2. The number of H-pyrrole nitrogens is 3. The summed E-state index contributed by atoms with van der Waals surface area (Å²) in [6.07, 6.45) is 3.90. The zero-order valence-corrected chi connectivity index (χ0v) is 70.9. The third-order valence-electron chi connectivity index (χ3n) is 20.9. The molecule has 15 atom stereocenters. The molecule has 37 nitrogen and oxygen atoms in total. The number of hydrogen-bond acceptors (Lipinski definition) is 20. The summed E-state index contributed by atoms with van der Waals surface area (Å²) < 4.78 is 2.44. The number of aromatic amines is 3. The van der Waals surface area contributed by atoms with Gasteiger partial charge in [0.15, 0.2) is 0 Å². The second-order valence-corrected chi connectivity index (χ2v) is 34.4. The van der Waals surface area contributed by atoms with Crippen molar-refractivity contribution in [2.24, 2.45) is 17.8 Å². The SMILES string of the molecule is CC(C)C[C@@H]1NC(=O)[C@H](Cc2cnc[nH]2)NC(=O)[C@H](Cc2c[nH]c3ccccc23)NC(=O)[C@H](C)NC(=O)[C@@H]2CSSC[C@H](NC(=O)[C@H](Cc3c[nH]c4ccccc34)NC(=O)[C@H](C(C)C)NC(=O)[C@H](CC(C)C)NC(=O)[C@H](CCC(=O)NI)NC(=O)CNC1=O)C(=O)N[C@@H]([C@@H](C)O)C(=O)N1CCC[C@@H]1C(=O)N1CCC[C@H]1C(=O)N[C@@H](C)C(=O)N2. The van der Waals surface area contributed by atoms with E-state index in [2.05, 4.69) is 92.6 Å². The van der Waals surface area contributed by atoms with E-state index in [9.17, 15) is 62.6 Å². The first-order valence-electron chi connectivity index (χ1n) is 39.6. The number of aliphatic hydroxyl groups excluding tert-OH is 1. The fourth-order valence-corrected chi connectivity index (χ4v) is 17.1. The van der Waals surface area contributed by atoms with Gasteiger partial charge >= 0.3 is 0 Å². The molecule has 16 amide bonds. The Kier molecular flexibility index (Phi) is 33.2. The molecule has 5 aromatic rings. The number of aliphatic hydroxyl groups is 1. The molecule has 0 unspecified atom stereocenters. The van der Waals surface area contributed by atoms with E-state index in [4.69, 9.17) is 0 Å². The molecule has 18 N–H and O–H groups in total. The van der Waals surface area contributed by atoms with Crippen molar-refractivity contribution in [1.82, 2.24) is 102 Å². The van der Waals surface area contributed by atoms with Gasteiger partial charge in [-0.25, -0.2) is 4.98 Å². The van der Waals surface area contributed by atoms with Crippen molar-refractivity contribution in [3.63, 3.8) is 0 Å². The highest BCUT2D eigenvalue weighted by Gasteiger charge is 2.46. The van der Waals surface area contributed by atoms with E-state index in [0.29, 0.717) is 51.5 Å². The highest BCUT2D eigenvalue weighted by atomic mass is 127. The van der Waals surface area contributed by atoms with Crippen LogP contribution in [0.5, 0.6) is 0 Å². The number of fused-ring (bicyclic) bond motifs is 9. The second kappa shape index (κ2) is 42.9. The zero-order valence-electron chi connectivity index (χ0n) is 67.1. The first-order chi connectivity index (χ1) is 56.2. The maximum atomic E-state index is 15.5. The van der Waals surface area contributed by atoms with Crippen molar-refractivity contribution in [2.75, 3.05) is 31.1 Å². The summed E-state index contributed by atoms with van der Waals surface area (Å²) in [4.78, 5) is 251. The number of imidazole rings is 1. The maximum Gasteiger partial charge on any atom is 0.248 e. The van der Waals surface area contributed by atoms with Gasteiger partial charge in [-0.1, -0.05) is 99.5 Å². The summed E-state index contributed by atoms with van der Waals surface area (Å²) in [7, 11) is 1.78. The summed E-state index contributed by atoms with van der Waals surface area (Å²) in [6, 6.07) is -6.50. The average molecular weight is 1790 g/mol. The molecule has 4 saturated heterocycles. The minimum Gasteiger partial charge on any atom is -0.391 e. The molecule has 3 aromatic heterocycles. The van der Waals surface area contributed by atoms with Crippen LogP contribution in [0, 0.1) is 17.8 Å². The number of para-hydroxylation sites is 2. The van der Waals surface area contributed by atoms with Crippen molar-refractivity contribution < 1.29 is 81.8 Å². The first-order valence-corrected chi connectivity index (χ1v) is 43.2. The molecule has 118 heavy (non-hydrogen) atoms. The minimum atomic E-state index is -1.75. The zero-order chi connectivity index (χ0) is 85.8. The van der Waals surface area contributed by atoms with Crippen molar-refractivity contribution in [1.29, 1.82) is 0 Å². The molecule has 7 heterocycles. The highest BCUT2D eigenvalue weighted by molar-refractivity contribution is 14.1. The topological polar surface area (TPSA) is 529 Å². The molecule has 40 heteroatoms. The number of hydrogen-bond donors (Lipinski definition) is 18. The lowest BCUT2D eigenvalue weighted by molar-refractivity contribution is -0.149. The van der Waals surface area contributed by atoms with Gasteiger partial charge in [0.1, 0.15) is 84.6 Å². The summed E-state index contributed by atoms with van der Waals surface area (Å²) in [5.74, 6) is -16.0. The normalized spacial score (nSPS) is 26.8. The number of rotatable bonds is 15. The molecule has 0 radical (unpaired) electrons. The van der Waals surface area contributed by atoms with Crippen molar-refractivity contribution in [2.45, 2.75) is 224 Å². The summed E-state index contributed by atoms with van der Waals surface area (Å²) >= 11 is 1.61. The van der Waals surface area contributed by atoms with Crippen LogP contribution in [-0.2, 0) is 96.0 Å². The van der Waals surface area contributed by atoms with Gasteiger partial charge in [-0.3, -0.25) is 80.2 Å². The van der Waals surface area contributed by atoms with Crippen LogP contribution in [0.3, 0.4) is 0 Å². The largest absolute Gasteiger partial charge is 0.391 e. The van der Waals surface area contributed by atoms with Crippen LogP contribution in [0.1, 0.15) is 131 Å². The van der Waals surface area contributed by atoms with Crippen molar-refractivity contribution >= 4 is 161 Å². The fourth-order valence-electron chi connectivity index (χ4n) is 14.5. The summed E-state index contributed by atoms with van der Waals surface area (Å²) in [6.45, 7) is 13.5. The van der Waals surface area contributed by atoms with E-state index in [-0.39, 0.29) is 88.5 Å². The lowest BCUT2D eigenvalue weighted by Crippen LogP contribution is -2.62. The molecule has 4 aliphatic rings. The number of halogens is 1. The Morgan fingerprint density at radius 1 is 0.500 bits per heavy atom. The van der Waals surface area contributed by atoms with Gasteiger partial charge < -0.3 is 99.0 Å². The number of carbonyl (C=O) groups excluding carboxylic acids is 16. The van der Waals surface area contributed by atoms with Crippen LogP contribution in [0.25, 0.3) is 21.8 Å². The third kappa shape index (κ3) is 24.9. The van der Waals surface area contributed by atoms with E-state index in [1.807, 2.05) is 0 Å². The van der Waals surface area contributed by atoms with Gasteiger partial charge in [-0.2, -0.15) is 0 Å². The third-order valence-corrected chi connectivity index (χ3v) is 23.9. The Morgan fingerprint density at radius 2 is 0.958 bits per heavy atom. The van der Waals surface area contributed by atoms with Gasteiger partial charge in [0.25, 0.3) is 0 Å². The molecule has 9 rings (SSSR count). The molecule has 0 aliphatic carbocycles. The van der Waals surface area contributed by atoms with E-state index in [1.165, 1.54) is 43.1 Å². The predicted octanol–water partition coefficient (Wildman–Crippen LogP) is -0.860. The van der Waals surface area contributed by atoms with E-state index < -0.39 is 203 Å². The van der Waals surface area contributed by atoms with Gasteiger partial charge in [0.05, 0.1) is 41.8 Å². The molecular weight excluding hydrogens is 1680 g/mol. The Hall–Kier alpha value is -10.4. The van der Waals surface area contributed by atoms with E-state index >= 15 is 19.2 Å². The maximum absolute atomic E-state index is 15.5. The minimum absolute atomic E-state index is 0.0164. The number of nitrogens with zero attached hydrogens (tertiary/aromatic N) is 3. The Morgan fingerprint density at radius 3 is 1.50 bits per heavy atom. The Labute approximate surface area is 703 Å². The number of aromatic nitrogens is 4. The van der Waals surface area contributed by atoms with Crippen LogP contribution in [0.2, 0.25) is 0 Å². The Balaban J connectivity index is 1.12. The van der Waals surface area contributed by atoms with Crippen LogP contribution in [-0.4, -0.2) is 251 Å². The second-order valence-electron chi connectivity index (χ2n) is 31.4. The van der Waals surface area contributed by atoms with E-state index in [0.717, 1.165) is 21.6 Å². The van der Waals surface area contributed by atoms with E-state index in [1.54, 1.807) is 125 Å². The number of benzene rings is 2. The first kappa shape index (κ1) is 91.5. The van der Waals surface area contributed by atoms with Gasteiger partial charge in [0, 0.05) is 96.4 Å². The lowest BCUT2D eigenvalue weighted by atomic mass is 9.98. The number of nitrogens with one attached hydrogen (secondary N) is 17. The summed E-state index contributed by atoms with van der Waals surface area (Å²) in [5, 5.41) is 47.6. The number of amides is 16. The molecule has 0 saturated carbocycles. The molecule has 640 valence electrons. The predicted molar refractivity (Wildman–Crippen MR) is 445 cm³/mol. The fraction of sp³-hybridized carbons (Fsp3) is 0.551. The van der Waals surface area contributed by atoms with Gasteiger partial charge in [-0.05, 0) is 107 Å². The average Bonchev–Trinajstić information content (AvgIpc) is 1.57. The molecule has 4 aliphatic heterocycles. The van der Waals surface area contributed by atoms with Gasteiger partial charge in [-0.15, -0.1) is 0 Å². The lowest BCUT2D eigenvalue weighted by Gasteiger charge is -2.34. The Bertz CT molecular complexity index is 4480. The number of carbonyl (C=O) groups is 16. The molecule has 0 spiro atoms. The highest BCUT2D eigenvalue weighted by Crippen LogP contribution is 2.29. The smallest absolute Gasteiger partial charge is 0.248 e.